The van der Waals surface area contributed by atoms with Crippen molar-refractivity contribution in [2.45, 2.75) is 70.4 Å². The summed E-state index contributed by atoms with van der Waals surface area (Å²) in [6, 6.07) is 10.4. The Kier molecular flexibility index (Phi) is 6.52. The molecule has 1 unspecified atom stereocenters. The molecule has 0 aromatic heterocycles. The van der Waals surface area contributed by atoms with Gasteiger partial charge < -0.3 is 14.7 Å². The van der Waals surface area contributed by atoms with Gasteiger partial charge in [0.1, 0.15) is 17.3 Å². The van der Waals surface area contributed by atoms with E-state index in [4.69, 9.17) is 4.74 Å². The zero-order chi connectivity index (χ0) is 24.6. The van der Waals surface area contributed by atoms with Crippen molar-refractivity contribution >= 4 is 17.4 Å². The van der Waals surface area contributed by atoms with Crippen molar-refractivity contribution in [2.75, 3.05) is 7.11 Å². The summed E-state index contributed by atoms with van der Waals surface area (Å²) in [4.78, 5) is 28.3. The van der Waals surface area contributed by atoms with E-state index >= 15 is 0 Å². The van der Waals surface area contributed by atoms with Gasteiger partial charge in [0.05, 0.1) is 24.3 Å². The lowest BCUT2D eigenvalue weighted by atomic mass is 9.85. The number of hydrogen-bond acceptors (Lipinski definition) is 4. The lowest BCUT2D eigenvalue weighted by Gasteiger charge is -2.35. The Morgan fingerprint density at radius 2 is 1.68 bits per heavy atom. The van der Waals surface area contributed by atoms with Crippen LogP contribution < -0.4 is 4.74 Å². The van der Waals surface area contributed by atoms with Gasteiger partial charge in [-0.25, -0.2) is 4.39 Å². The number of hydrogen-bond donors (Lipinski definition) is 1. The highest BCUT2D eigenvalue weighted by Crippen LogP contribution is 2.44. The van der Waals surface area contributed by atoms with Gasteiger partial charge in [-0.1, -0.05) is 58.2 Å². The first kappa shape index (κ1) is 24.0. The van der Waals surface area contributed by atoms with Crippen LogP contribution in [-0.4, -0.2) is 34.8 Å². The number of benzene rings is 2. The highest BCUT2D eigenvalue weighted by Gasteiger charge is 2.49. The number of likely N-dealkylation sites (tertiary alicyclic amines) is 1. The van der Waals surface area contributed by atoms with Crippen LogP contribution in [0.3, 0.4) is 0 Å². The third-order valence-electron chi connectivity index (χ3n) is 6.95. The third kappa shape index (κ3) is 4.33. The minimum absolute atomic E-state index is 0.0199. The molecular weight excluding hydrogens is 433 g/mol. The molecular formula is C28H32FNO4. The topological polar surface area (TPSA) is 66.8 Å². The number of amides is 1. The predicted molar refractivity (Wildman–Crippen MR) is 129 cm³/mol. The molecule has 1 heterocycles. The fourth-order valence-corrected chi connectivity index (χ4v) is 5.06. The van der Waals surface area contributed by atoms with Gasteiger partial charge >= 0.3 is 0 Å². The van der Waals surface area contributed by atoms with Crippen molar-refractivity contribution < 1.29 is 23.8 Å². The average Bonchev–Trinajstić information content (AvgIpc) is 3.09. The van der Waals surface area contributed by atoms with Crippen LogP contribution in [-0.2, 0) is 15.0 Å². The maximum atomic E-state index is 13.7. The highest BCUT2D eigenvalue weighted by molar-refractivity contribution is 6.46. The minimum Gasteiger partial charge on any atom is -0.507 e. The Hall–Kier alpha value is -3.15. The minimum atomic E-state index is -0.785. The lowest BCUT2D eigenvalue weighted by molar-refractivity contribution is -0.141. The number of ketones is 1. The molecule has 0 radical (unpaired) electrons. The molecule has 1 amide bonds. The van der Waals surface area contributed by atoms with E-state index in [1.165, 1.54) is 19.2 Å². The van der Waals surface area contributed by atoms with Gasteiger partial charge in [-0.15, -0.1) is 0 Å². The maximum Gasteiger partial charge on any atom is 0.295 e. The van der Waals surface area contributed by atoms with Gasteiger partial charge in [0, 0.05) is 6.04 Å². The monoisotopic (exact) mass is 465 g/mol. The van der Waals surface area contributed by atoms with Crippen molar-refractivity contribution in [2.24, 2.45) is 0 Å². The van der Waals surface area contributed by atoms with Crippen LogP contribution in [0.2, 0.25) is 0 Å². The summed E-state index contributed by atoms with van der Waals surface area (Å²) in [6.07, 6.45) is 4.65. The van der Waals surface area contributed by atoms with Crippen LogP contribution >= 0.6 is 0 Å². The largest absolute Gasteiger partial charge is 0.507 e. The van der Waals surface area contributed by atoms with Gasteiger partial charge in [0.15, 0.2) is 0 Å². The molecule has 2 aromatic carbocycles. The Bertz CT molecular complexity index is 1120. The second-order valence-corrected chi connectivity index (χ2v) is 10.2. The van der Waals surface area contributed by atoms with E-state index in [-0.39, 0.29) is 22.8 Å². The van der Waals surface area contributed by atoms with Gasteiger partial charge in [0.25, 0.3) is 11.7 Å². The molecule has 1 aliphatic heterocycles. The number of halogens is 1. The van der Waals surface area contributed by atoms with E-state index in [0.29, 0.717) is 16.9 Å². The van der Waals surface area contributed by atoms with Crippen molar-refractivity contribution in [1.29, 1.82) is 0 Å². The molecule has 1 atom stereocenters. The number of ether oxygens (including phenoxy) is 1. The van der Waals surface area contributed by atoms with E-state index in [0.717, 1.165) is 37.7 Å². The molecule has 2 aliphatic rings. The summed E-state index contributed by atoms with van der Waals surface area (Å²) < 4.78 is 19.2. The number of carbonyl (C=O) groups is 2. The van der Waals surface area contributed by atoms with Gasteiger partial charge in [-0.3, -0.25) is 9.59 Å². The second kappa shape index (κ2) is 9.24. The van der Waals surface area contributed by atoms with E-state index in [1.807, 2.05) is 12.1 Å². The smallest absolute Gasteiger partial charge is 0.295 e. The quantitative estimate of drug-likeness (QED) is 0.348. The summed E-state index contributed by atoms with van der Waals surface area (Å²) in [5.41, 5.74) is 1.73. The van der Waals surface area contributed by atoms with E-state index < -0.39 is 23.5 Å². The summed E-state index contributed by atoms with van der Waals surface area (Å²) in [5.74, 6) is -1.60. The first-order valence-corrected chi connectivity index (χ1v) is 11.9. The molecule has 180 valence electrons. The van der Waals surface area contributed by atoms with Crippen LogP contribution in [0.4, 0.5) is 4.39 Å². The van der Waals surface area contributed by atoms with Crippen LogP contribution in [0, 0.1) is 5.82 Å². The Morgan fingerprint density at radius 1 is 1.03 bits per heavy atom. The van der Waals surface area contributed by atoms with Crippen molar-refractivity contribution in [3.8, 4) is 5.75 Å². The molecule has 5 nitrogen and oxygen atoms in total. The molecule has 1 aliphatic carbocycles. The maximum absolute atomic E-state index is 13.7. The molecule has 34 heavy (non-hydrogen) atoms. The molecule has 4 rings (SSSR count). The molecule has 1 N–H and O–H groups in total. The van der Waals surface area contributed by atoms with Crippen molar-refractivity contribution in [1.82, 2.24) is 4.90 Å². The highest BCUT2D eigenvalue weighted by atomic mass is 19.1. The van der Waals surface area contributed by atoms with Crippen LogP contribution in [0.25, 0.3) is 5.76 Å². The lowest BCUT2D eigenvalue weighted by Crippen LogP contribution is -2.40. The number of Topliss-reactive ketones (excluding diaryl/α,β-unsaturated/α-hetero) is 1. The molecule has 6 heteroatoms. The number of nitrogens with zero attached hydrogens (tertiary/aromatic N) is 1. The summed E-state index contributed by atoms with van der Waals surface area (Å²) in [6.45, 7) is 6.16. The number of methoxy groups -OCH3 is 1. The summed E-state index contributed by atoms with van der Waals surface area (Å²) >= 11 is 0. The second-order valence-electron chi connectivity index (χ2n) is 10.2. The number of aliphatic hydroxyl groups excluding tert-OH is 1. The van der Waals surface area contributed by atoms with E-state index in [9.17, 15) is 19.1 Å². The molecule has 0 bridgehead atoms. The molecule has 2 fully saturated rings. The van der Waals surface area contributed by atoms with Gasteiger partial charge in [-0.2, -0.15) is 0 Å². The van der Waals surface area contributed by atoms with Gasteiger partial charge in [-0.05, 0) is 53.6 Å². The summed E-state index contributed by atoms with van der Waals surface area (Å²) in [5, 5.41) is 11.5. The summed E-state index contributed by atoms with van der Waals surface area (Å²) in [7, 11) is 1.50. The van der Waals surface area contributed by atoms with E-state index in [1.54, 1.807) is 23.1 Å². The van der Waals surface area contributed by atoms with Crippen LogP contribution in [0.5, 0.6) is 5.75 Å². The molecule has 2 aromatic rings. The zero-order valence-corrected chi connectivity index (χ0v) is 20.2. The number of aliphatic hydroxyl groups is 1. The molecule has 0 spiro atoms. The van der Waals surface area contributed by atoms with Crippen molar-refractivity contribution in [3.05, 3.63) is 70.5 Å². The van der Waals surface area contributed by atoms with Crippen molar-refractivity contribution in [3.63, 3.8) is 0 Å². The average molecular weight is 466 g/mol. The standard InChI is InChI=1S/C28H32FNO4/c1-28(2,3)18-12-15-22(34-4)21(16-18)25(31)23-24(17-10-13-19(29)14-11-17)30(27(33)26(23)32)20-8-6-5-7-9-20/h10-16,20,24,31H,5-9H2,1-4H3/b25-23+. The first-order chi connectivity index (χ1) is 16.1. The predicted octanol–water partition coefficient (Wildman–Crippen LogP) is 5.89. The third-order valence-corrected chi connectivity index (χ3v) is 6.95. The van der Waals surface area contributed by atoms with Crippen LogP contribution in [0.1, 0.15) is 75.6 Å². The SMILES string of the molecule is COc1ccc(C(C)(C)C)cc1/C(O)=C1\C(=O)C(=O)N(C2CCCCC2)C1c1ccc(F)cc1. The number of carbonyl (C=O) groups excluding carboxylic acids is 2. The fraction of sp³-hybridized carbons (Fsp3) is 0.429. The molecule has 1 saturated carbocycles. The zero-order valence-electron chi connectivity index (χ0n) is 20.2. The number of rotatable bonds is 4. The molecule has 1 saturated heterocycles. The van der Waals surface area contributed by atoms with Crippen LogP contribution in [0.15, 0.2) is 48.0 Å². The Balaban J connectivity index is 1.93. The first-order valence-electron chi connectivity index (χ1n) is 11.9. The normalized spacial score (nSPS) is 21.2. The Morgan fingerprint density at radius 3 is 2.26 bits per heavy atom. The van der Waals surface area contributed by atoms with E-state index in [2.05, 4.69) is 20.8 Å². The Labute approximate surface area is 200 Å². The van der Waals surface area contributed by atoms with Gasteiger partial charge in [0.2, 0.25) is 0 Å². The fourth-order valence-electron chi connectivity index (χ4n) is 5.06.